The second-order valence-corrected chi connectivity index (χ2v) is 4.11. The number of carbonyl (C=O) groups is 1. The summed E-state index contributed by atoms with van der Waals surface area (Å²) in [6.07, 6.45) is -0.655. The van der Waals surface area contributed by atoms with Crippen molar-refractivity contribution < 1.29 is 19.2 Å². The van der Waals surface area contributed by atoms with E-state index >= 15 is 0 Å². The van der Waals surface area contributed by atoms with Crippen molar-refractivity contribution in [1.82, 2.24) is 0 Å². The maximum Gasteiger partial charge on any atom is 0.336 e. The number of rotatable bonds is 3. The summed E-state index contributed by atoms with van der Waals surface area (Å²) in [6.45, 7) is 1.28. The molecule has 7 nitrogen and oxygen atoms in total. The number of benzene rings is 1. The van der Waals surface area contributed by atoms with Crippen LogP contribution in [0.5, 0.6) is 0 Å². The molecule has 1 heterocycles. The fourth-order valence-electron chi connectivity index (χ4n) is 1.96. The van der Waals surface area contributed by atoms with Gasteiger partial charge < -0.3 is 14.4 Å². The molecule has 1 unspecified atom stereocenters. The van der Waals surface area contributed by atoms with Crippen LogP contribution in [-0.4, -0.2) is 43.8 Å². The van der Waals surface area contributed by atoms with Gasteiger partial charge in [-0.2, -0.15) is 0 Å². The number of hydrogen-bond donors (Lipinski definition) is 0. The maximum atomic E-state index is 11.4. The minimum Gasteiger partial charge on any atom is -0.467 e. The number of nitro groups is 1. The summed E-state index contributed by atoms with van der Waals surface area (Å²) in [7, 11) is 1.30. The molecular formula is C12H14N2O5. The summed E-state index contributed by atoms with van der Waals surface area (Å²) in [5.74, 6) is -0.435. The second kappa shape index (κ2) is 5.66. The molecule has 2 rings (SSSR count). The third-order valence-corrected chi connectivity index (χ3v) is 2.94. The van der Waals surface area contributed by atoms with E-state index in [-0.39, 0.29) is 5.69 Å². The molecule has 0 aliphatic carbocycles. The molecule has 0 radical (unpaired) electrons. The van der Waals surface area contributed by atoms with Gasteiger partial charge in [0.25, 0.3) is 5.69 Å². The number of esters is 1. The highest BCUT2D eigenvalue weighted by atomic mass is 16.6. The molecule has 1 atom stereocenters. The Labute approximate surface area is 109 Å². The van der Waals surface area contributed by atoms with Gasteiger partial charge in [-0.3, -0.25) is 10.1 Å². The normalized spacial score (nSPS) is 19.0. The maximum absolute atomic E-state index is 11.4. The van der Waals surface area contributed by atoms with Gasteiger partial charge in [0, 0.05) is 24.4 Å². The molecule has 1 fully saturated rings. The van der Waals surface area contributed by atoms with Crippen molar-refractivity contribution in [2.24, 2.45) is 0 Å². The van der Waals surface area contributed by atoms with E-state index in [1.165, 1.54) is 19.2 Å². The molecule has 0 N–H and O–H groups in total. The first kappa shape index (κ1) is 13.3. The van der Waals surface area contributed by atoms with Gasteiger partial charge in [-0.15, -0.1) is 0 Å². The second-order valence-electron chi connectivity index (χ2n) is 4.11. The van der Waals surface area contributed by atoms with Crippen LogP contribution < -0.4 is 4.90 Å². The van der Waals surface area contributed by atoms with Crippen molar-refractivity contribution >= 4 is 17.3 Å². The van der Waals surface area contributed by atoms with Crippen molar-refractivity contribution in [1.29, 1.82) is 0 Å². The van der Waals surface area contributed by atoms with E-state index < -0.39 is 17.0 Å². The standard InChI is InChI=1S/C12H14N2O5/c1-18-12(15)11-8-13(5-6-19-11)9-3-2-4-10(7-9)14(16)17/h2-4,7,11H,5-6,8H2,1H3. The summed E-state index contributed by atoms with van der Waals surface area (Å²) >= 11 is 0. The molecule has 0 amide bonds. The van der Waals surface area contributed by atoms with Gasteiger partial charge in [0.15, 0.2) is 6.10 Å². The lowest BCUT2D eigenvalue weighted by molar-refractivity contribution is -0.384. The van der Waals surface area contributed by atoms with Gasteiger partial charge in [-0.05, 0) is 6.07 Å². The van der Waals surface area contributed by atoms with Gasteiger partial charge >= 0.3 is 5.97 Å². The number of methoxy groups -OCH3 is 1. The van der Waals surface area contributed by atoms with Gasteiger partial charge in [0.05, 0.1) is 25.2 Å². The third kappa shape index (κ3) is 3.00. The quantitative estimate of drug-likeness (QED) is 0.460. The zero-order valence-corrected chi connectivity index (χ0v) is 10.4. The summed E-state index contributed by atoms with van der Waals surface area (Å²) in [6, 6.07) is 6.31. The molecular weight excluding hydrogens is 252 g/mol. The predicted molar refractivity (Wildman–Crippen MR) is 67.1 cm³/mol. The smallest absolute Gasteiger partial charge is 0.336 e. The van der Waals surface area contributed by atoms with E-state index in [1.807, 2.05) is 4.90 Å². The van der Waals surface area contributed by atoms with Gasteiger partial charge in [-0.25, -0.2) is 4.79 Å². The molecule has 1 aliphatic rings. The first-order valence-corrected chi connectivity index (χ1v) is 5.80. The molecule has 0 aromatic heterocycles. The number of nitro benzene ring substituents is 1. The molecule has 7 heteroatoms. The van der Waals surface area contributed by atoms with Crippen molar-refractivity contribution in [3.8, 4) is 0 Å². The van der Waals surface area contributed by atoms with Crippen LogP contribution in [0.15, 0.2) is 24.3 Å². The molecule has 1 saturated heterocycles. The molecule has 1 aromatic rings. The van der Waals surface area contributed by atoms with E-state index in [0.717, 1.165) is 0 Å². The Morgan fingerprint density at radius 1 is 1.58 bits per heavy atom. The average molecular weight is 266 g/mol. The van der Waals surface area contributed by atoms with Crippen LogP contribution in [0.4, 0.5) is 11.4 Å². The van der Waals surface area contributed by atoms with Crippen LogP contribution in [0.1, 0.15) is 0 Å². The highest BCUT2D eigenvalue weighted by Gasteiger charge is 2.27. The van der Waals surface area contributed by atoms with E-state index in [1.54, 1.807) is 12.1 Å². The number of anilines is 1. The van der Waals surface area contributed by atoms with Gasteiger partial charge in [-0.1, -0.05) is 6.07 Å². The van der Waals surface area contributed by atoms with E-state index in [9.17, 15) is 14.9 Å². The fourth-order valence-corrected chi connectivity index (χ4v) is 1.96. The summed E-state index contributed by atoms with van der Waals surface area (Å²) in [4.78, 5) is 23.6. The Hall–Kier alpha value is -2.15. The van der Waals surface area contributed by atoms with Crippen molar-refractivity contribution in [3.63, 3.8) is 0 Å². The lowest BCUT2D eigenvalue weighted by Crippen LogP contribution is -2.46. The number of carbonyl (C=O) groups excluding carboxylic acids is 1. The van der Waals surface area contributed by atoms with Crippen LogP contribution in [0, 0.1) is 10.1 Å². The van der Waals surface area contributed by atoms with Crippen molar-refractivity contribution in [3.05, 3.63) is 34.4 Å². The average Bonchev–Trinajstić information content (AvgIpc) is 2.46. The lowest BCUT2D eigenvalue weighted by atomic mass is 10.2. The molecule has 0 saturated carbocycles. The van der Waals surface area contributed by atoms with E-state index in [2.05, 4.69) is 4.74 Å². The summed E-state index contributed by atoms with van der Waals surface area (Å²) in [5, 5.41) is 10.7. The highest BCUT2D eigenvalue weighted by Crippen LogP contribution is 2.23. The van der Waals surface area contributed by atoms with Crippen LogP contribution in [0.3, 0.4) is 0 Å². The van der Waals surface area contributed by atoms with Gasteiger partial charge in [0.2, 0.25) is 0 Å². The lowest BCUT2D eigenvalue weighted by Gasteiger charge is -2.32. The SMILES string of the molecule is COC(=O)C1CN(c2cccc([N+](=O)[O-])c2)CCO1. The first-order valence-electron chi connectivity index (χ1n) is 5.80. The first-order chi connectivity index (χ1) is 9.11. The number of non-ortho nitro benzene ring substituents is 1. The van der Waals surface area contributed by atoms with Crippen molar-refractivity contribution in [2.75, 3.05) is 31.7 Å². The number of morpholine rings is 1. The van der Waals surface area contributed by atoms with Crippen molar-refractivity contribution in [2.45, 2.75) is 6.10 Å². The van der Waals surface area contributed by atoms with Crippen LogP contribution in [-0.2, 0) is 14.3 Å². The Morgan fingerprint density at radius 2 is 2.37 bits per heavy atom. The monoisotopic (exact) mass is 266 g/mol. The zero-order valence-electron chi connectivity index (χ0n) is 10.4. The molecule has 0 bridgehead atoms. The minimum absolute atomic E-state index is 0.0265. The zero-order chi connectivity index (χ0) is 13.8. The number of nitrogens with zero attached hydrogens (tertiary/aromatic N) is 2. The summed E-state index contributed by atoms with van der Waals surface area (Å²) < 4.78 is 9.95. The third-order valence-electron chi connectivity index (χ3n) is 2.94. The Bertz CT molecular complexity index is 491. The van der Waals surface area contributed by atoms with E-state index in [4.69, 9.17) is 4.74 Å². The minimum atomic E-state index is -0.655. The predicted octanol–water partition coefficient (Wildman–Crippen LogP) is 0.973. The highest BCUT2D eigenvalue weighted by molar-refractivity contribution is 5.75. The van der Waals surface area contributed by atoms with Crippen LogP contribution in [0.2, 0.25) is 0 Å². The molecule has 1 aliphatic heterocycles. The van der Waals surface area contributed by atoms with Gasteiger partial charge in [0.1, 0.15) is 0 Å². The Kier molecular flexibility index (Phi) is 3.96. The molecule has 1 aromatic carbocycles. The molecule has 102 valence electrons. The number of hydrogen-bond acceptors (Lipinski definition) is 6. The Morgan fingerprint density at radius 3 is 3.05 bits per heavy atom. The number of ether oxygens (including phenoxy) is 2. The van der Waals surface area contributed by atoms with E-state index in [0.29, 0.717) is 25.4 Å². The van der Waals surface area contributed by atoms with Crippen LogP contribution in [0.25, 0.3) is 0 Å². The topological polar surface area (TPSA) is 81.9 Å². The Balaban J connectivity index is 2.15. The fraction of sp³-hybridized carbons (Fsp3) is 0.417. The summed E-state index contributed by atoms with van der Waals surface area (Å²) in [5.41, 5.74) is 0.727. The molecule has 19 heavy (non-hydrogen) atoms. The van der Waals surface area contributed by atoms with Crippen LogP contribution >= 0.6 is 0 Å². The molecule has 0 spiro atoms. The largest absolute Gasteiger partial charge is 0.467 e.